The Labute approximate surface area is 185 Å². The molecule has 0 unspecified atom stereocenters. The van der Waals surface area contributed by atoms with E-state index in [1.165, 1.54) is 5.57 Å². The van der Waals surface area contributed by atoms with E-state index in [9.17, 15) is 10.2 Å². The van der Waals surface area contributed by atoms with Crippen LogP contribution in [0, 0.1) is 21.7 Å². The first-order valence-electron chi connectivity index (χ1n) is 11.2. The summed E-state index contributed by atoms with van der Waals surface area (Å²) in [4.78, 5) is 0. The van der Waals surface area contributed by atoms with Crippen molar-refractivity contribution in [3.63, 3.8) is 0 Å². The highest BCUT2D eigenvalue weighted by Gasteiger charge is 2.56. The molecule has 2 nitrogen and oxygen atoms in total. The van der Waals surface area contributed by atoms with Crippen molar-refractivity contribution in [2.75, 3.05) is 0 Å². The van der Waals surface area contributed by atoms with Crippen LogP contribution in [-0.2, 0) is 5.41 Å². The lowest BCUT2D eigenvalue weighted by atomic mass is 9.45. The number of aromatic hydroxyl groups is 1. The first-order valence-corrected chi connectivity index (χ1v) is 11.2. The van der Waals surface area contributed by atoms with Gasteiger partial charge in [0, 0.05) is 16.6 Å². The summed E-state index contributed by atoms with van der Waals surface area (Å²) >= 11 is 0. The lowest BCUT2D eigenvalue weighted by Crippen LogP contribution is -2.49. The maximum Gasteiger partial charge on any atom is 0.123 e. The molecule has 1 aliphatic carbocycles. The van der Waals surface area contributed by atoms with Crippen molar-refractivity contribution in [3.05, 3.63) is 46.7 Å². The first-order chi connectivity index (χ1) is 13.2. The highest BCUT2D eigenvalue weighted by Crippen LogP contribution is 2.66. The number of benzene rings is 1. The quantitative estimate of drug-likeness (QED) is 0.486. The summed E-state index contributed by atoms with van der Waals surface area (Å²) < 4.78 is 0. The Bertz CT molecular complexity index is 855. The summed E-state index contributed by atoms with van der Waals surface area (Å²) in [5.74, 6) is 0.532. The summed E-state index contributed by atoms with van der Waals surface area (Å²) in [5, 5.41) is 22.6. The zero-order chi connectivity index (χ0) is 23.5. The Hall–Kier alpha value is -1.70. The first kappa shape index (κ1) is 24.6. The van der Waals surface area contributed by atoms with Crippen LogP contribution in [0.3, 0.4) is 0 Å². The lowest BCUT2D eigenvalue weighted by molar-refractivity contribution is 0.0201. The van der Waals surface area contributed by atoms with Gasteiger partial charge in [0.05, 0.1) is 0 Å². The summed E-state index contributed by atoms with van der Waals surface area (Å²) in [5.41, 5.74) is 3.21. The second-order valence-electron chi connectivity index (χ2n) is 13.2. The fourth-order valence-electron chi connectivity index (χ4n) is 5.35. The van der Waals surface area contributed by atoms with Crippen molar-refractivity contribution >= 4 is 5.57 Å². The molecule has 1 aliphatic rings. The van der Waals surface area contributed by atoms with Gasteiger partial charge in [0.15, 0.2) is 0 Å². The zero-order valence-electron chi connectivity index (χ0n) is 21.4. The predicted molar refractivity (Wildman–Crippen MR) is 130 cm³/mol. The molecule has 0 aromatic heterocycles. The zero-order valence-corrected chi connectivity index (χ0v) is 21.4. The number of allylic oxidation sites excluding steroid dienone is 3. The SMILES string of the molecule is CC(C)(C)C1=CC(O)=C(c2ccc(C(C)(C)C)cc2O)C(C(C)(C)C)(C(C)(C)C)C1. The molecule has 1 aromatic rings. The molecule has 0 saturated carbocycles. The van der Waals surface area contributed by atoms with Crippen molar-refractivity contribution in [2.45, 2.75) is 94.9 Å². The van der Waals surface area contributed by atoms with E-state index in [0.29, 0.717) is 0 Å². The van der Waals surface area contributed by atoms with Gasteiger partial charge < -0.3 is 10.2 Å². The minimum absolute atomic E-state index is 0.0423. The van der Waals surface area contributed by atoms with E-state index in [2.05, 4.69) is 89.2 Å². The second-order valence-corrected chi connectivity index (χ2v) is 13.2. The Balaban J connectivity index is 2.95. The molecular formula is C28H44O2. The van der Waals surface area contributed by atoms with Crippen molar-refractivity contribution in [1.29, 1.82) is 0 Å². The molecule has 168 valence electrons. The van der Waals surface area contributed by atoms with E-state index >= 15 is 0 Å². The number of hydrogen-bond donors (Lipinski definition) is 2. The van der Waals surface area contributed by atoms with E-state index in [4.69, 9.17) is 0 Å². The molecule has 0 saturated heterocycles. The average Bonchev–Trinajstić information content (AvgIpc) is 2.50. The van der Waals surface area contributed by atoms with Crippen molar-refractivity contribution in [2.24, 2.45) is 21.7 Å². The second kappa shape index (κ2) is 7.18. The van der Waals surface area contributed by atoms with Gasteiger partial charge in [0.25, 0.3) is 0 Å². The molecular weight excluding hydrogens is 368 g/mol. The molecule has 2 heteroatoms. The molecule has 2 rings (SSSR count). The molecule has 0 bridgehead atoms. The van der Waals surface area contributed by atoms with Gasteiger partial charge in [-0.25, -0.2) is 0 Å². The van der Waals surface area contributed by atoms with Crippen LogP contribution in [-0.4, -0.2) is 10.2 Å². The topological polar surface area (TPSA) is 40.5 Å². The van der Waals surface area contributed by atoms with Crippen LogP contribution < -0.4 is 0 Å². The molecule has 0 fully saturated rings. The van der Waals surface area contributed by atoms with Crippen LogP contribution in [0.15, 0.2) is 35.6 Å². The van der Waals surface area contributed by atoms with E-state index in [-0.39, 0.29) is 38.6 Å². The van der Waals surface area contributed by atoms with Gasteiger partial charge in [0.2, 0.25) is 0 Å². The van der Waals surface area contributed by atoms with Gasteiger partial charge in [-0.1, -0.05) is 101 Å². The Morgan fingerprint density at radius 3 is 1.60 bits per heavy atom. The molecule has 1 aromatic carbocycles. The maximum atomic E-state index is 11.5. The molecule has 2 N–H and O–H groups in total. The third kappa shape index (κ3) is 4.07. The third-order valence-electron chi connectivity index (χ3n) is 7.11. The third-order valence-corrected chi connectivity index (χ3v) is 7.11. The van der Waals surface area contributed by atoms with Gasteiger partial charge >= 0.3 is 0 Å². The molecule has 0 heterocycles. The number of hydrogen-bond acceptors (Lipinski definition) is 2. The van der Waals surface area contributed by atoms with Gasteiger partial charge in [-0.15, -0.1) is 0 Å². The Morgan fingerprint density at radius 1 is 0.733 bits per heavy atom. The summed E-state index contributed by atoms with van der Waals surface area (Å²) in [7, 11) is 0. The van der Waals surface area contributed by atoms with E-state index in [0.717, 1.165) is 23.1 Å². The van der Waals surface area contributed by atoms with Crippen molar-refractivity contribution in [3.8, 4) is 5.75 Å². The Morgan fingerprint density at radius 2 is 1.23 bits per heavy atom. The largest absolute Gasteiger partial charge is 0.508 e. The minimum atomic E-state index is -0.359. The van der Waals surface area contributed by atoms with Crippen molar-refractivity contribution < 1.29 is 10.2 Å². The number of aliphatic hydroxyl groups excluding tert-OH is 1. The summed E-state index contributed by atoms with van der Waals surface area (Å²) in [6.07, 6.45) is 2.80. The van der Waals surface area contributed by atoms with Crippen LogP contribution in [0.1, 0.15) is 101 Å². The fourth-order valence-corrected chi connectivity index (χ4v) is 5.35. The molecule has 0 aliphatic heterocycles. The van der Waals surface area contributed by atoms with Crippen molar-refractivity contribution in [1.82, 2.24) is 0 Å². The van der Waals surface area contributed by atoms with Crippen LogP contribution in [0.5, 0.6) is 5.75 Å². The Kier molecular flexibility index (Phi) is 5.88. The van der Waals surface area contributed by atoms with Crippen LogP contribution in [0.2, 0.25) is 0 Å². The smallest absolute Gasteiger partial charge is 0.123 e. The van der Waals surface area contributed by atoms with Crippen LogP contribution in [0.25, 0.3) is 5.57 Å². The van der Waals surface area contributed by atoms with Gasteiger partial charge in [-0.3, -0.25) is 0 Å². The highest BCUT2D eigenvalue weighted by molar-refractivity contribution is 5.80. The predicted octanol–water partition coefficient (Wildman–Crippen LogP) is 8.41. The number of phenols is 1. The van der Waals surface area contributed by atoms with Gasteiger partial charge in [0.1, 0.15) is 11.5 Å². The normalized spacial score (nSPS) is 18.5. The lowest BCUT2D eigenvalue weighted by Gasteiger charge is -2.58. The molecule has 0 amide bonds. The van der Waals surface area contributed by atoms with Gasteiger partial charge in [-0.05, 0) is 45.8 Å². The molecule has 30 heavy (non-hydrogen) atoms. The molecule has 0 atom stereocenters. The molecule has 0 spiro atoms. The summed E-state index contributed by atoms with van der Waals surface area (Å²) in [6, 6.07) is 5.96. The van der Waals surface area contributed by atoms with E-state index in [1.54, 1.807) is 0 Å². The number of phenolic OH excluding ortho intramolecular Hbond substituents is 1. The van der Waals surface area contributed by atoms with Gasteiger partial charge in [-0.2, -0.15) is 0 Å². The fraction of sp³-hybridized carbons (Fsp3) is 0.643. The highest BCUT2D eigenvalue weighted by atomic mass is 16.3. The van der Waals surface area contributed by atoms with E-state index in [1.807, 2.05) is 18.2 Å². The monoisotopic (exact) mass is 412 g/mol. The standard InChI is InChI=1S/C28H44O2/c1-24(2,3)18-13-14-20(21(29)15-18)23-22(30)16-19(25(4,5)6)17-28(23,26(7,8)9)27(10,11)12/h13-16,29-30H,17H2,1-12H3. The van der Waals surface area contributed by atoms with Crippen LogP contribution in [0.4, 0.5) is 0 Å². The molecule has 0 radical (unpaired) electrons. The average molecular weight is 413 g/mol. The summed E-state index contributed by atoms with van der Waals surface area (Å²) in [6.45, 7) is 26.6. The van der Waals surface area contributed by atoms with E-state index < -0.39 is 0 Å². The minimum Gasteiger partial charge on any atom is -0.508 e. The maximum absolute atomic E-state index is 11.5. The number of rotatable bonds is 1. The number of aliphatic hydroxyl groups is 1. The van der Waals surface area contributed by atoms with Crippen LogP contribution >= 0.6 is 0 Å².